The van der Waals surface area contributed by atoms with E-state index in [-0.39, 0.29) is 11.2 Å². The average molecular weight is 275 g/mol. The number of hydrogen-bond acceptors (Lipinski definition) is 2. The van der Waals surface area contributed by atoms with Gasteiger partial charge in [-0.2, -0.15) is 0 Å². The molecule has 2 aliphatic rings. The highest BCUT2D eigenvalue weighted by Gasteiger charge is 2.56. The molecule has 1 aliphatic carbocycles. The van der Waals surface area contributed by atoms with Crippen molar-refractivity contribution in [3.63, 3.8) is 0 Å². The lowest BCUT2D eigenvalue weighted by Crippen LogP contribution is -2.42. The molecule has 1 unspecified atom stereocenters. The standard InChI is InChI=1S/C14H21B5O2/c1-11(2)7-14(17,18)10(8(15)9(11)16)19-20-12(3,4)13(5,6)21-19/h9H,7H2,1-6H3. The second-order valence-electron chi connectivity index (χ2n) is 8.14. The van der Waals surface area contributed by atoms with E-state index in [1.165, 1.54) is 0 Å². The van der Waals surface area contributed by atoms with E-state index in [0.717, 1.165) is 0 Å². The largest absolute Gasteiger partial charge is 0.488 e. The van der Waals surface area contributed by atoms with Crippen LogP contribution in [0.25, 0.3) is 0 Å². The topological polar surface area (TPSA) is 18.5 Å². The molecular weight excluding hydrogens is 254 g/mol. The summed E-state index contributed by atoms with van der Waals surface area (Å²) in [6.07, 6.45) is 0.515. The van der Waals surface area contributed by atoms with E-state index in [1.54, 1.807) is 0 Å². The van der Waals surface area contributed by atoms with Gasteiger partial charge < -0.3 is 9.31 Å². The molecule has 1 atom stereocenters. The summed E-state index contributed by atoms with van der Waals surface area (Å²) in [5, 5.41) is -1.09. The molecule has 2 rings (SSSR count). The molecule has 21 heavy (non-hydrogen) atoms. The Morgan fingerprint density at radius 2 is 1.43 bits per heavy atom. The van der Waals surface area contributed by atoms with Crippen LogP contribution in [0.2, 0.25) is 11.0 Å². The van der Waals surface area contributed by atoms with E-state index < -0.39 is 23.5 Å². The lowest BCUT2D eigenvalue weighted by molar-refractivity contribution is 0.00578. The fraction of sp³-hybridized carbons (Fsp3) is 0.857. The maximum atomic E-state index is 6.33. The minimum atomic E-state index is -1.09. The molecular formula is C14H21B5O2. The molecule has 8 radical (unpaired) electrons. The summed E-state index contributed by atoms with van der Waals surface area (Å²) in [6, 6.07) is 0. The predicted octanol–water partition coefficient (Wildman–Crippen LogP) is 1.88. The van der Waals surface area contributed by atoms with Gasteiger partial charge in [-0.15, -0.1) is 5.47 Å². The zero-order valence-corrected chi connectivity index (χ0v) is 14.0. The Balaban J connectivity index is 2.46. The zero-order valence-electron chi connectivity index (χ0n) is 14.0. The highest BCUT2D eigenvalue weighted by Crippen LogP contribution is 2.56. The summed E-state index contributed by atoms with van der Waals surface area (Å²) in [6.45, 7) is 11.9. The summed E-state index contributed by atoms with van der Waals surface area (Å²) in [4.78, 5) is 0. The average Bonchev–Trinajstić information content (AvgIpc) is 2.42. The molecule has 0 N–H and O–H groups in total. The van der Waals surface area contributed by atoms with Crippen molar-refractivity contribution in [1.29, 1.82) is 0 Å². The monoisotopic (exact) mass is 276 g/mol. The van der Waals surface area contributed by atoms with Crippen LogP contribution in [0.1, 0.15) is 48.0 Å². The summed E-state index contributed by atoms with van der Waals surface area (Å²) in [7, 11) is 24.5. The summed E-state index contributed by atoms with van der Waals surface area (Å²) >= 11 is 0. The van der Waals surface area contributed by atoms with Crippen molar-refractivity contribution in [3.05, 3.63) is 10.9 Å². The van der Waals surface area contributed by atoms with Crippen molar-refractivity contribution in [2.45, 2.75) is 70.2 Å². The van der Waals surface area contributed by atoms with Crippen LogP contribution >= 0.6 is 0 Å². The maximum Gasteiger partial charge on any atom is 0.488 e. The minimum absolute atomic E-state index is 0.277. The fourth-order valence-corrected chi connectivity index (χ4v) is 3.13. The Kier molecular flexibility index (Phi) is 3.91. The molecule has 0 aromatic carbocycles. The van der Waals surface area contributed by atoms with Crippen molar-refractivity contribution < 1.29 is 9.31 Å². The van der Waals surface area contributed by atoms with Gasteiger partial charge in [-0.25, -0.2) is 0 Å². The number of rotatable bonds is 1. The molecule has 0 aromatic heterocycles. The summed E-state index contributed by atoms with van der Waals surface area (Å²) < 4.78 is 12.1. The molecule has 1 aliphatic heterocycles. The van der Waals surface area contributed by atoms with Gasteiger partial charge in [-0.1, -0.05) is 36.8 Å². The summed E-state index contributed by atoms with van der Waals surface area (Å²) in [5.41, 5.74) is -0.167. The van der Waals surface area contributed by atoms with Gasteiger partial charge in [-0.05, 0) is 33.1 Å². The fourth-order valence-electron chi connectivity index (χ4n) is 3.13. The van der Waals surface area contributed by atoms with E-state index in [1.807, 2.05) is 41.5 Å². The third-order valence-corrected chi connectivity index (χ3v) is 5.23. The molecule has 2 nitrogen and oxygen atoms in total. The van der Waals surface area contributed by atoms with Crippen molar-refractivity contribution in [1.82, 2.24) is 0 Å². The molecule has 1 heterocycles. The molecule has 0 bridgehead atoms. The Morgan fingerprint density at radius 3 is 1.86 bits per heavy atom. The van der Waals surface area contributed by atoms with Crippen LogP contribution in [0.15, 0.2) is 10.9 Å². The molecule has 1 fully saturated rings. The number of allylic oxidation sites excluding steroid dienone is 2. The van der Waals surface area contributed by atoms with E-state index in [9.17, 15) is 0 Å². The van der Waals surface area contributed by atoms with Crippen molar-refractivity contribution >= 4 is 38.5 Å². The van der Waals surface area contributed by atoms with Crippen LogP contribution in [0.3, 0.4) is 0 Å². The van der Waals surface area contributed by atoms with Crippen LogP contribution < -0.4 is 0 Å². The van der Waals surface area contributed by atoms with Gasteiger partial charge in [0, 0.05) is 0 Å². The Bertz CT molecular complexity index is 466. The van der Waals surface area contributed by atoms with Gasteiger partial charge >= 0.3 is 7.12 Å². The van der Waals surface area contributed by atoms with Gasteiger partial charge in [0.25, 0.3) is 0 Å². The van der Waals surface area contributed by atoms with E-state index in [4.69, 9.17) is 40.7 Å². The smallest absolute Gasteiger partial charge is 0.400 e. The molecule has 1 saturated heterocycles. The Morgan fingerprint density at radius 1 is 1.00 bits per heavy atom. The highest BCUT2D eigenvalue weighted by atomic mass is 16.7. The Labute approximate surface area is 135 Å². The molecule has 0 aromatic rings. The molecule has 7 heteroatoms. The second-order valence-corrected chi connectivity index (χ2v) is 8.14. The van der Waals surface area contributed by atoms with Gasteiger partial charge in [0.1, 0.15) is 7.85 Å². The predicted molar refractivity (Wildman–Crippen MR) is 91.0 cm³/mol. The van der Waals surface area contributed by atoms with Gasteiger partial charge in [-0.3, -0.25) is 0 Å². The van der Waals surface area contributed by atoms with E-state index in [0.29, 0.717) is 17.4 Å². The zero-order chi connectivity index (χ0) is 16.4. The van der Waals surface area contributed by atoms with Crippen LogP contribution in [-0.2, 0) is 9.31 Å². The van der Waals surface area contributed by atoms with Crippen LogP contribution in [-0.4, -0.2) is 49.7 Å². The van der Waals surface area contributed by atoms with Crippen molar-refractivity contribution in [2.24, 2.45) is 5.41 Å². The van der Waals surface area contributed by atoms with Gasteiger partial charge in [0.15, 0.2) is 0 Å². The SMILES string of the molecule is [B]C1=C(B2OC(C)(C)C(C)(C)O2)C([B])([B])CC(C)(C)C1[B]. The summed E-state index contributed by atoms with van der Waals surface area (Å²) in [5.74, 6) is -0.327. The maximum absolute atomic E-state index is 6.33. The van der Waals surface area contributed by atoms with Crippen LogP contribution in [0, 0.1) is 5.41 Å². The molecule has 0 spiro atoms. The first kappa shape index (κ1) is 17.3. The lowest BCUT2D eigenvalue weighted by atomic mass is 9.32. The van der Waals surface area contributed by atoms with Crippen molar-refractivity contribution in [2.75, 3.05) is 0 Å². The van der Waals surface area contributed by atoms with Crippen LogP contribution in [0.4, 0.5) is 0 Å². The molecule has 0 amide bonds. The van der Waals surface area contributed by atoms with Gasteiger partial charge in [0.2, 0.25) is 0 Å². The second kappa shape index (κ2) is 4.74. The first-order valence-electron chi connectivity index (χ1n) is 7.40. The Hall–Kier alpha value is -0.0153. The molecule has 0 saturated carbocycles. The first-order valence-corrected chi connectivity index (χ1v) is 7.40. The lowest BCUT2D eigenvalue weighted by Gasteiger charge is -2.49. The van der Waals surface area contributed by atoms with E-state index >= 15 is 0 Å². The number of hydrogen-bond donors (Lipinski definition) is 0. The first-order chi connectivity index (χ1) is 9.21. The van der Waals surface area contributed by atoms with Crippen molar-refractivity contribution in [3.8, 4) is 0 Å². The quantitative estimate of drug-likeness (QED) is 0.680. The van der Waals surface area contributed by atoms with Crippen LogP contribution in [0.5, 0.6) is 0 Å². The van der Waals surface area contributed by atoms with E-state index in [2.05, 4.69) is 0 Å². The van der Waals surface area contributed by atoms with Gasteiger partial charge in [0.05, 0.1) is 34.7 Å². The third kappa shape index (κ3) is 2.69. The minimum Gasteiger partial charge on any atom is -0.400 e. The normalized spacial score (nSPS) is 33.2. The molecule has 104 valence electrons. The third-order valence-electron chi connectivity index (χ3n) is 5.23. The highest BCUT2D eigenvalue weighted by molar-refractivity contribution is 6.64.